The molecule has 4 nitrogen and oxygen atoms in total. The smallest absolute Gasteiger partial charge is 0.0853 e. The van der Waals surface area contributed by atoms with Crippen molar-refractivity contribution in [2.75, 3.05) is 6.61 Å². The third kappa shape index (κ3) is 3.17. The molecule has 0 aromatic heterocycles. The molecule has 0 aromatic rings. The molecule has 5 aliphatic carbocycles. The van der Waals surface area contributed by atoms with Gasteiger partial charge in [-0.1, -0.05) is 53.2 Å². The van der Waals surface area contributed by atoms with Crippen molar-refractivity contribution < 1.29 is 20.4 Å². The lowest BCUT2D eigenvalue weighted by Crippen LogP contribution is -2.60. The summed E-state index contributed by atoms with van der Waals surface area (Å²) in [7, 11) is 0. The van der Waals surface area contributed by atoms with E-state index in [2.05, 4.69) is 47.6 Å². The first-order valence-corrected chi connectivity index (χ1v) is 14.1. The molecular weight excluding hydrogens is 424 g/mol. The molecule has 4 saturated carbocycles. The molecule has 5 aliphatic rings. The van der Waals surface area contributed by atoms with Crippen molar-refractivity contribution >= 4 is 0 Å². The molecule has 4 heteroatoms. The normalized spacial score (nSPS) is 56.8. The molecule has 4 fully saturated rings. The van der Waals surface area contributed by atoms with Gasteiger partial charge in [0.15, 0.2) is 0 Å². The number of aliphatic hydroxyl groups is 4. The molecule has 0 radical (unpaired) electrons. The average molecular weight is 475 g/mol. The van der Waals surface area contributed by atoms with Crippen LogP contribution in [0, 0.1) is 50.7 Å². The summed E-state index contributed by atoms with van der Waals surface area (Å²) in [6.07, 6.45) is 10.1. The fraction of sp³-hybridized carbons (Fsp3) is 0.933. The first kappa shape index (κ1) is 25.2. The van der Waals surface area contributed by atoms with Crippen LogP contribution in [-0.4, -0.2) is 45.3 Å². The first-order chi connectivity index (χ1) is 15.7. The lowest BCUT2D eigenvalue weighted by molar-refractivity contribution is -0.189. The molecule has 0 amide bonds. The van der Waals surface area contributed by atoms with Gasteiger partial charge in [-0.15, -0.1) is 0 Å². The van der Waals surface area contributed by atoms with Crippen LogP contribution >= 0.6 is 0 Å². The summed E-state index contributed by atoms with van der Waals surface area (Å²) in [6, 6.07) is 0. The highest BCUT2D eigenvalue weighted by molar-refractivity contribution is 5.26. The summed E-state index contributed by atoms with van der Waals surface area (Å²) in [5.41, 5.74) is 1.31. The quantitative estimate of drug-likeness (QED) is 0.399. The largest absolute Gasteiger partial charge is 0.396 e. The lowest BCUT2D eigenvalue weighted by Gasteiger charge is -2.64. The van der Waals surface area contributed by atoms with Crippen LogP contribution in [0.1, 0.15) is 99.3 Å². The zero-order chi connectivity index (χ0) is 24.9. The Morgan fingerprint density at radius 1 is 0.824 bits per heavy atom. The second kappa shape index (κ2) is 7.79. The van der Waals surface area contributed by atoms with Crippen molar-refractivity contribution in [3.8, 4) is 0 Å². The van der Waals surface area contributed by atoms with Crippen molar-refractivity contribution in [3.63, 3.8) is 0 Å². The molecule has 34 heavy (non-hydrogen) atoms. The van der Waals surface area contributed by atoms with Crippen LogP contribution in [0.4, 0.5) is 0 Å². The lowest BCUT2D eigenvalue weighted by atomic mass is 9.42. The molecular formula is C30H50O4. The van der Waals surface area contributed by atoms with E-state index < -0.39 is 23.7 Å². The van der Waals surface area contributed by atoms with E-state index in [-0.39, 0.29) is 28.3 Å². The van der Waals surface area contributed by atoms with Crippen LogP contribution in [0.25, 0.3) is 0 Å². The van der Waals surface area contributed by atoms with Crippen molar-refractivity contribution in [1.82, 2.24) is 0 Å². The second-order valence-corrected chi connectivity index (χ2v) is 14.9. The molecule has 0 saturated heterocycles. The predicted octanol–water partition coefficient (Wildman–Crippen LogP) is 5.08. The van der Waals surface area contributed by atoms with Gasteiger partial charge in [0.1, 0.15) is 0 Å². The molecule has 5 rings (SSSR count). The maximum Gasteiger partial charge on any atom is 0.0853 e. The van der Waals surface area contributed by atoms with Gasteiger partial charge >= 0.3 is 0 Å². The fourth-order valence-corrected chi connectivity index (χ4v) is 11.1. The number of hydrogen-bond donors (Lipinski definition) is 4. The minimum absolute atomic E-state index is 0.0127. The van der Waals surface area contributed by atoms with Gasteiger partial charge in [-0.25, -0.2) is 0 Å². The molecule has 0 aromatic carbocycles. The molecule has 0 aliphatic heterocycles. The van der Waals surface area contributed by atoms with Crippen molar-refractivity contribution in [3.05, 3.63) is 11.6 Å². The first-order valence-electron chi connectivity index (χ1n) is 14.1. The summed E-state index contributed by atoms with van der Waals surface area (Å²) in [5, 5.41) is 43.1. The van der Waals surface area contributed by atoms with E-state index in [1.807, 2.05) is 0 Å². The summed E-state index contributed by atoms with van der Waals surface area (Å²) in [4.78, 5) is 0. The Bertz CT molecular complexity index is 851. The van der Waals surface area contributed by atoms with Crippen LogP contribution in [0.15, 0.2) is 11.6 Å². The Hall–Kier alpha value is -0.420. The molecule has 0 spiro atoms. The van der Waals surface area contributed by atoms with Crippen LogP contribution in [0.5, 0.6) is 0 Å². The number of allylic oxidation sites excluding steroid dienone is 2. The second-order valence-electron chi connectivity index (χ2n) is 14.9. The number of hydrogen-bond acceptors (Lipinski definition) is 4. The van der Waals surface area contributed by atoms with E-state index in [1.54, 1.807) is 5.57 Å². The third-order valence-corrected chi connectivity index (χ3v) is 13.0. The highest BCUT2D eigenvalue weighted by Gasteiger charge is 2.64. The zero-order valence-electron chi connectivity index (χ0n) is 22.5. The number of aliphatic hydroxyl groups excluding tert-OH is 4. The van der Waals surface area contributed by atoms with E-state index in [1.165, 1.54) is 6.42 Å². The fourth-order valence-electron chi connectivity index (χ4n) is 11.1. The standard InChI is InChI=1S/C30H50O4/c1-26(2)21-9-7-18-15-27(3)13-11-23-28(4,14-12-24(33)30(23,6)17-31)22(27)10-8-19(18)29(21,5)16-20(32)25(26)34/h7,19-25,31-34H,8-17H2,1-6H3/t19-,20+,21-,22+,23+,24+,25+,27-,28+,29+,30+/m0/s1. The Morgan fingerprint density at radius 2 is 1.53 bits per heavy atom. The Labute approximate surface area is 207 Å². The van der Waals surface area contributed by atoms with Gasteiger partial charge < -0.3 is 20.4 Å². The van der Waals surface area contributed by atoms with Gasteiger partial charge in [0.25, 0.3) is 0 Å². The van der Waals surface area contributed by atoms with Gasteiger partial charge in [-0.3, -0.25) is 0 Å². The van der Waals surface area contributed by atoms with Gasteiger partial charge in [0.05, 0.1) is 24.9 Å². The summed E-state index contributed by atoms with van der Waals surface area (Å²) < 4.78 is 0. The SMILES string of the molecule is CC1(C)[C@H](O)[C@H](O)C[C@]2(C)[C@H]3CC[C@@H]4[C@@](C)(CC[C@@H]5[C@]4(C)CC[C@@H](O)[C@]5(C)CO)CC3=CC[C@@H]12. The van der Waals surface area contributed by atoms with E-state index in [0.717, 1.165) is 44.9 Å². The van der Waals surface area contributed by atoms with Crippen molar-refractivity contribution in [2.24, 2.45) is 50.7 Å². The number of rotatable bonds is 1. The molecule has 0 unspecified atom stereocenters. The summed E-state index contributed by atoms with van der Waals surface area (Å²) in [6.45, 7) is 13.9. The van der Waals surface area contributed by atoms with Gasteiger partial charge in [-0.2, -0.15) is 0 Å². The Balaban J connectivity index is 1.51. The Morgan fingerprint density at radius 3 is 2.21 bits per heavy atom. The van der Waals surface area contributed by atoms with Crippen LogP contribution < -0.4 is 0 Å². The molecule has 194 valence electrons. The van der Waals surface area contributed by atoms with Crippen LogP contribution in [0.2, 0.25) is 0 Å². The maximum atomic E-state index is 10.9. The highest BCUT2D eigenvalue weighted by Crippen LogP contribution is 2.70. The van der Waals surface area contributed by atoms with E-state index in [9.17, 15) is 20.4 Å². The van der Waals surface area contributed by atoms with E-state index in [4.69, 9.17) is 0 Å². The minimum atomic E-state index is -0.657. The summed E-state index contributed by atoms with van der Waals surface area (Å²) >= 11 is 0. The van der Waals surface area contributed by atoms with E-state index >= 15 is 0 Å². The third-order valence-electron chi connectivity index (χ3n) is 13.0. The van der Waals surface area contributed by atoms with Crippen LogP contribution in [0.3, 0.4) is 0 Å². The molecule has 0 bridgehead atoms. The highest BCUT2D eigenvalue weighted by atomic mass is 16.3. The molecule has 4 N–H and O–H groups in total. The average Bonchev–Trinajstić information content (AvgIpc) is 2.92. The number of fused-ring (bicyclic) bond motifs is 6. The van der Waals surface area contributed by atoms with Crippen LogP contribution in [-0.2, 0) is 0 Å². The minimum Gasteiger partial charge on any atom is -0.396 e. The van der Waals surface area contributed by atoms with E-state index in [0.29, 0.717) is 30.1 Å². The van der Waals surface area contributed by atoms with Gasteiger partial charge in [-0.05, 0) is 103 Å². The van der Waals surface area contributed by atoms with Gasteiger partial charge in [0, 0.05) is 5.41 Å². The maximum absolute atomic E-state index is 10.9. The monoisotopic (exact) mass is 474 g/mol. The molecule has 11 atom stereocenters. The zero-order valence-corrected chi connectivity index (χ0v) is 22.5. The topological polar surface area (TPSA) is 80.9 Å². The molecule has 0 heterocycles. The summed E-state index contributed by atoms with van der Waals surface area (Å²) in [5.74, 6) is 1.79. The van der Waals surface area contributed by atoms with Gasteiger partial charge in [0.2, 0.25) is 0 Å². The van der Waals surface area contributed by atoms with Crippen molar-refractivity contribution in [1.29, 1.82) is 0 Å². The van der Waals surface area contributed by atoms with Crippen molar-refractivity contribution in [2.45, 2.75) is 118 Å². The predicted molar refractivity (Wildman–Crippen MR) is 135 cm³/mol. The Kier molecular flexibility index (Phi) is 5.78.